The van der Waals surface area contributed by atoms with E-state index < -0.39 is 15.9 Å². The number of amides is 1. The van der Waals surface area contributed by atoms with Gasteiger partial charge in [0, 0.05) is 34.3 Å². The normalized spacial score (nSPS) is 17.5. The smallest absolute Gasteiger partial charge is 0.277 e. The summed E-state index contributed by atoms with van der Waals surface area (Å²) < 4.78 is 32.7. The Morgan fingerprint density at radius 2 is 1.48 bits per heavy atom. The Kier molecular flexibility index (Phi) is 6.76. The molecule has 1 saturated heterocycles. The van der Waals surface area contributed by atoms with Gasteiger partial charge in [-0.15, -0.1) is 0 Å². The number of hydrogen-bond acceptors (Lipinski definition) is 8. The molecule has 0 bridgehead atoms. The summed E-state index contributed by atoms with van der Waals surface area (Å²) >= 11 is 13.2. The van der Waals surface area contributed by atoms with Crippen molar-refractivity contribution in [2.45, 2.75) is 25.7 Å². The van der Waals surface area contributed by atoms with Crippen LogP contribution in [0, 0.1) is 20.8 Å². The fourth-order valence-electron chi connectivity index (χ4n) is 5.14. The van der Waals surface area contributed by atoms with Gasteiger partial charge in [0.1, 0.15) is 0 Å². The molecule has 3 aromatic carbocycles. The second-order valence-electron chi connectivity index (χ2n) is 9.59. The summed E-state index contributed by atoms with van der Waals surface area (Å²) in [5, 5.41) is 9.66. The number of morpholine rings is 1. The highest BCUT2D eigenvalue weighted by molar-refractivity contribution is 7.89. The van der Waals surface area contributed by atoms with Gasteiger partial charge in [0.05, 0.1) is 34.8 Å². The number of amidine groups is 1. The van der Waals surface area contributed by atoms with Crippen LogP contribution in [0.5, 0.6) is 0 Å². The van der Waals surface area contributed by atoms with Crippen LogP contribution < -0.4 is 10.0 Å². The summed E-state index contributed by atoms with van der Waals surface area (Å²) in [5.41, 5.74) is 4.52. The van der Waals surface area contributed by atoms with Crippen LogP contribution in [-0.2, 0) is 19.7 Å². The van der Waals surface area contributed by atoms with Gasteiger partial charge in [0.15, 0.2) is 0 Å². The Bertz CT molecular complexity index is 1640. The van der Waals surface area contributed by atoms with Crippen molar-refractivity contribution < 1.29 is 22.9 Å². The molecule has 40 heavy (non-hydrogen) atoms. The predicted octanol–water partition coefficient (Wildman–Crippen LogP) is 4.85. The number of carbonyl (C=O) groups is 1. The SMILES string of the molecule is Cc1c(Cl)c(C)c(C2=NON3N(C(=O)c4ccc(S(=O)(=O)N5CCOCC5)cc4)c4ccccc4N23)c(C)c1Cl. The van der Waals surface area contributed by atoms with Crippen LogP contribution in [0.3, 0.4) is 0 Å². The van der Waals surface area contributed by atoms with Crippen LogP contribution in [0.1, 0.15) is 32.6 Å². The first kappa shape index (κ1) is 27.0. The van der Waals surface area contributed by atoms with Gasteiger partial charge in [-0.3, -0.25) is 9.73 Å². The van der Waals surface area contributed by atoms with Crippen LogP contribution in [-0.4, -0.2) is 56.1 Å². The zero-order chi connectivity index (χ0) is 28.3. The summed E-state index contributed by atoms with van der Waals surface area (Å²) in [7, 11) is -3.70. The van der Waals surface area contributed by atoms with Crippen LogP contribution in [0.4, 0.5) is 11.4 Å². The van der Waals surface area contributed by atoms with Crippen molar-refractivity contribution in [3.8, 4) is 0 Å². The van der Waals surface area contributed by atoms with Crippen LogP contribution in [0.25, 0.3) is 0 Å². The number of fused-ring (bicyclic) bond motifs is 3. The van der Waals surface area contributed by atoms with E-state index in [1.165, 1.54) is 38.9 Å². The Morgan fingerprint density at radius 3 is 2.10 bits per heavy atom. The molecular formula is C27H25Cl2N5O5S. The molecule has 0 unspecified atom stereocenters. The molecule has 0 aliphatic carbocycles. The van der Waals surface area contributed by atoms with Crippen molar-refractivity contribution in [2.24, 2.45) is 5.16 Å². The molecule has 3 heterocycles. The van der Waals surface area contributed by atoms with Crippen molar-refractivity contribution in [1.82, 2.24) is 9.59 Å². The number of hydrogen-bond donors (Lipinski definition) is 0. The lowest BCUT2D eigenvalue weighted by Gasteiger charge is -2.26. The maximum Gasteiger partial charge on any atom is 0.277 e. The van der Waals surface area contributed by atoms with Gasteiger partial charge in [0.25, 0.3) is 5.91 Å². The Hall–Kier alpha value is -3.19. The minimum Gasteiger partial charge on any atom is -0.379 e. The number of halogens is 2. The van der Waals surface area contributed by atoms with Crippen molar-refractivity contribution in [3.05, 3.63) is 86.4 Å². The highest BCUT2D eigenvalue weighted by Crippen LogP contribution is 2.45. The first-order chi connectivity index (χ1) is 19.1. The lowest BCUT2D eigenvalue weighted by Crippen LogP contribution is -2.49. The van der Waals surface area contributed by atoms with E-state index >= 15 is 0 Å². The molecule has 1 fully saturated rings. The molecule has 0 aromatic heterocycles. The third-order valence-corrected chi connectivity index (χ3v) is 10.3. The molecular weight excluding hydrogens is 577 g/mol. The molecule has 13 heteroatoms. The minimum atomic E-state index is -3.70. The van der Waals surface area contributed by atoms with Crippen molar-refractivity contribution in [1.29, 1.82) is 0 Å². The first-order valence-electron chi connectivity index (χ1n) is 12.5. The number of oxime groups is 1. The molecule has 3 aliphatic heterocycles. The molecule has 208 valence electrons. The molecule has 0 spiro atoms. The Morgan fingerprint density at radius 1 is 0.875 bits per heavy atom. The van der Waals surface area contributed by atoms with Crippen LogP contribution in [0.2, 0.25) is 10.0 Å². The summed E-state index contributed by atoms with van der Waals surface area (Å²) in [6, 6.07) is 13.2. The highest BCUT2D eigenvalue weighted by Gasteiger charge is 2.48. The number of ether oxygens (including phenoxy) is 1. The molecule has 1 amide bonds. The van der Waals surface area contributed by atoms with E-state index in [9.17, 15) is 13.2 Å². The maximum atomic E-state index is 13.9. The molecule has 0 saturated carbocycles. The van der Waals surface area contributed by atoms with E-state index in [0.29, 0.717) is 46.0 Å². The molecule has 3 aromatic rings. The number of benzene rings is 3. The third kappa shape index (κ3) is 4.08. The van der Waals surface area contributed by atoms with Gasteiger partial charge in [-0.1, -0.05) is 35.3 Å². The molecule has 0 N–H and O–H groups in total. The fraction of sp³-hybridized carbons (Fsp3) is 0.259. The first-order valence-corrected chi connectivity index (χ1v) is 14.7. The van der Waals surface area contributed by atoms with Gasteiger partial charge in [-0.05, 0) is 79.0 Å². The number of carbonyl (C=O) groups excluding carboxylic acids is 1. The van der Waals surface area contributed by atoms with Gasteiger partial charge in [0.2, 0.25) is 15.9 Å². The minimum absolute atomic E-state index is 0.108. The number of nitrogens with zero attached hydrogens (tertiary/aromatic N) is 5. The second-order valence-corrected chi connectivity index (χ2v) is 12.3. The van der Waals surface area contributed by atoms with Gasteiger partial charge < -0.3 is 4.74 Å². The molecule has 0 radical (unpaired) electrons. The standard InChI is InChI=1S/C27H25Cl2N5O5S/c1-16-23(17(2)25(29)18(3)24(16)28)26-30-39-34-32(26)21-6-4-5-7-22(21)33(34)27(35)19-8-10-20(11-9-19)40(36,37)31-12-14-38-15-13-31/h4-11H,12-15H2,1-3H3. The molecule has 0 atom stereocenters. The molecule has 6 rings (SSSR count). The lowest BCUT2D eigenvalue weighted by molar-refractivity contribution is -0.135. The van der Waals surface area contributed by atoms with E-state index in [0.717, 1.165) is 16.7 Å². The monoisotopic (exact) mass is 601 g/mol. The number of sulfonamides is 1. The van der Waals surface area contributed by atoms with Crippen molar-refractivity contribution in [3.63, 3.8) is 0 Å². The van der Waals surface area contributed by atoms with Gasteiger partial charge in [-0.2, -0.15) is 14.3 Å². The van der Waals surface area contributed by atoms with Crippen LogP contribution in [0.15, 0.2) is 58.6 Å². The average Bonchev–Trinajstić information content (AvgIpc) is 3.54. The quantitative estimate of drug-likeness (QED) is 0.422. The largest absolute Gasteiger partial charge is 0.379 e. The average molecular weight is 603 g/mol. The summed E-state index contributed by atoms with van der Waals surface area (Å²) in [6.45, 7) is 6.90. The highest BCUT2D eigenvalue weighted by atomic mass is 35.5. The van der Waals surface area contributed by atoms with E-state index in [-0.39, 0.29) is 23.5 Å². The fourth-order valence-corrected chi connectivity index (χ4v) is 6.97. The molecule has 10 nitrogen and oxygen atoms in total. The zero-order valence-electron chi connectivity index (χ0n) is 21.9. The lowest BCUT2D eigenvalue weighted by atomic mass is 9.98. The van der Waals surface area contributed by atoms with Crippen LogP contribution >= 0.6 is 23.2 Å². The summed E-state index contributed by atoms with van der Waals surface area (Å²) in [6.07, 6.45) is 0. The van der Waals surface area contributed by atoms with Gasteiger partial charge in [-0.25, -0.2) is 8.42 Å². The van der Waals surface area contributed by atoms with E-state index in [1.54, 1.807) is 11.1 Å². The number of para-hydroxylation sites is 2. The van der Waals surface area contributed by atoms with Crippen molar-refractivity contribution >= 4 is 56.3 Å². The topological polar surface area (TPSA) is 95.0 Å². The summed E-state index contributed by atoms with van der Waals surface area (Å²) in [5.74, 6) is -0.0105. The van der Waals surface area contributed by atoms with Gasteiger partial charge >= 0.3 is 0 Å². The molecule has 3 aliphatic rings. The summed E-state index contributed by atoms with van der Waals surface area (Å²) in [4.78, 5) is 19.7. The Balaban J connectivity index is 1.35. The Labute approximate surface area is 241 Å². The predicted molar refractivity (Wildman–Crippen MR) is 152 cm³/mol. The van der Waals surface area contributed by atoms with Crippen molar-refractivity contribution in [2.75, 3.05) is 36.3 Å². The van der Waals surface area contributed by atoms with E-state index in [1.807, 2.05) is 39.0 Å². The number of rotatable bonds is 4. The third-order valence-electron chi connectivity index (χ3n) is 7.27. The maximum absolute atomic E-state index is 13.9. The van der Waals surface area contributed by atoms with E-state index in [4.69, 9.17) is 32.9 Å². The number of anilines is 2. The van der Waals surface area contributed by atoms with E-state index in [2.05, 4.69) is 5.16 Å². The zero-order valence-corrected chi connectivity index (χ0v) is 24.2. The number of hydrazine groups is 2. The second kappa shape index (κ2) is 10.0.